The molecule has 0 spiro atoms. The van der Waals surface area contributed by atoms with E-state index in [4.69, 9.17) is 23.2 Å². The maximum atomic E-state index is 12.2. The van der Waals surface area contributed by atoms with Crippen molar-refractivity contribution in [1.29, 1.82) is 0 Å². The van der Waals surface area contributed by atoms with Crippen molar-refractivity contribution in [3.63, 3.8) is 0 Å². The van der Waals surface area contributed by atoms with Crippen LogP contribution in [0.4, 0.5) is 0 Å². The lowest BCUT2D eigenvalue weighted by molar-refractivity contribution is -0.116. The van der Waals surface area contributed by atoms with Crippen LogP contribution in [-0.2, 0) is 4.79 Å². The van der Waals surface area contributed by atoms with E-state index in [9.17, 15) is 9.59 Å². The maximum absolute atomic E-state index is 12.2. The van der Waals surface area contributed by atoms with Crippen LogP contribution in [0.15, 0.2) is 54.6 Å². The van der Waals surface area contributed by atoms with Crippen LogP contribution in [0.1, 0.15) is 10.4 Å². The van der Waals surface area contributed by atoms with Gasteiger partial charge in [0.15, 0.2) is 0 Å². The van der Waals surface area contributed by atoms with Crippen molar-refractivity contribution in [2.75, 3.05) is 0 Å². The van der Waals surface area contributed by atoms with Crippen molar-refractivity contribution >= 4 is 34.8 Å². The number of hydrogen-bond acceptors (Lipinski definition) is 2. The number of carbonyl (C=O) groups excluding carboxylic acids is 2. The summed E-state index contributed by atoms with van der Waals surface area (Å²) < 4.78 is 0. The number of alkyl halides is 2. The molecule has 0 amide bonds. The number of halogens is 2. The molecule has 1 aliphatic rings. The Morgan fingerprint density at radius 2 is 1.78 bits per heavy atom. The first-order valence-electron chi connectivity index (χ1n) is 5.39. The summed E-state index contributed by atoms with van der Waals surface area (Å²) in [6.07, 6.45) is 6.35. The van der Waals surface area contributed by atoms with Crippen LogP contribution in [-0.4, -0.2) is 21.8 Å². The van der Waals surface area contributed by atoms with Crippen molar-refractivity contribution < 1.29 is 9.59 Å². The first-order valence-corrected chi connectivity index (χ1v) is 6.20. The predicted octanol–water partition coefficient (Wildman–Crippen LogP) is 3.15. The molecular formula is C14H10Cl2O2. The van der Waals surface area contributed by atoms with E-state index in [1.807, 2.05) is 0 Å². The predicted molar refractivity (Wildman–Crippen MR) is 72.3 cm³/mol. The average Bonchev–Trinajstić information content (AvgIpc) is 2.41. The molecule has 0 saturated heterocycles. The van der Waals surface area contributed by atoms with Gasteiger partial charge in [0.05, 0.1) is 5.38 Å². The maximum Gasteiger partial charge on any atom is 0.230 e. The SMILES string of the molecule is O=C(C(=O)C1(Cl)C=CC=CC1Cl)c1ccccc1. The molecule has 0 heterocycles. The van der Waals surface area contributed by atoms with Crippen LogP contribution in [0.5, 0.6) is 0 Å². The fourth-order valence-electron chi connectivity index (χ4n) is 1.68. The number of rotatable bonds is 3. The molecule has 0 fully saturated rings. The smallest absolute Gasteiger partial charge is 0.230 e. The summed E-state index contributed by atoms with van der Waals surface area (Å²) in [4.78, 5) is 22.7. The summed E-state index contributed by atoms with van der Waals surface area (Å²) in [6.45, 7) is 0. The fourth-order valence-corrected chi connectivity index (χ4v) is 2.17. The molecule has 0 saturated carbocycles. The van der Waals surface area contributed by atoms with E-state index < -0.39 is 21.8 Å². The molecule has 0 bridgehead atoms. The van der Waals surface area contributed by atoms with Gasteiger partial charge in [0.25, 0.3) is 0 Å². The third-order valence-electron chi connectivity index (χ3n) is 2.72. The second-order valence-electron chi connectivity index (χ2n) is 3.94. The Morgan fingerprint density at radius 3 is 2.39 bits per heavy atom. The van der Waals surface area contributed by atoms with Gasteiger partial charge in [-0.1, -0.05) is 54.6 Å². The summed E-state index contributed by atoms with van der Waals surface area (Å²) in [5.74, 6) is -1.34. The Labute approximate surface area is 115 Å². The Kier molecular flexibility index (Phi) is 3.69. The van der Waals surface area contributed by atoms with Gasteiger partial charge in [-0.3, -0.25) is 9.59 Å². The highest BCUT2D eigenvalue weighted by molar-refractivity contribution is 6.59. The highest BCUT2D eigenvalue weighted by Gasteiger charge is 2.44. The van der Waals surface area contributed by atoms with E-state index in [0.29, 0.717) is 5.56 Å². The van der Waals surface area contributed by atoms with E-state index >= 15 is 0 Å². The molecule has 1 aliphatic carbocycles. The Balaban J connectivity index is 2.30. The third kappa shape index (κ3) is 2.26. The van der Waals surface area contributed by atoms with Gasteiger partial charge in [0.1, 0.15) is 4.87 Å². The van der Waals surface area contributed by atoms with Gasteiger partial charge in [-0.2, -0.15) is 0 Å². The van der Waals surface area contributed by atoms with E-state index in [2.05, 4.69) is 0 Å². The van der Waals surface area contributed by atoms with Crippen molar-refractivity contribution in [1.82, 2.24) is 0 Å². The number of ketones is 2. The second-order valence-corrected chi connectivity index (χ2v) is 5.03. The van der Waals surface area contributed by atoms with Crippen LogP contribution in [0.25, 0.3) is 0 Å². The first-order chi connectivity index (χ1) is 8.55. The minimum absolute atomic E-state index is 0.314. The van der Waals surface area contributed by atoms with Crippen molar-refractivity contribution in [3.8, 4) is 0 Å². The first kappa shape index (κ1) is 13.1. The van der Waals surface area contributed by atoms with Gasteiger partial charge >= 0.3 is 0 Å². The van der Waals surface area contributed by atoms with Gasteiger partial charge < -0.3 is 0 Å². The number of benzene rings is 1. The standard InChI is InChI=1S/C14H10Cl2O2/c15-11-8-4-5-9-14(11,16)13(18)12(17)10-6-2-1-3-7-10/h1-9,11H. The Hall–Kier alpha value is -1.38. The molecular weight excluding hydrogens is 271 g/mol. The van der Waals surface area contributed by atoms with Gasteiger partial charge in [-0.15, -0.1) is 23.2 Å². The monoisotopic (exact) mass is 280 g/mol. The molecule has 2 rings (SSSR count). The van der Waals surface area contributed by atoms with Crippen molar-refractivity contribution in [2.45, 2.75) is 10.3 Å². The molecule has 4 heteroatoms. The van der Waals surface area contributed by atoms with Crippen LogP contribution in [0.2, 0.25) is 0 Å². The topological polar surface area (TPSA) is 34.1 Å². The van der Waals surface area contributed by atoms with Gasteiger partial charge in [0.2, 0.25) is 11.6 Å². The normalized spacial score (nSPS) is 26.0. The van der Waals surface area contributed by atoms with E-state index in [0.717, 1.165) is 0 Å². The van der Waals surface area contributed by atoms with Crippen molar-refractivity contribution in [2.24, 2.45) is 0 Å². The lowest BCUT2D eigenvalue weighted by atomic mass is 9.90. The minimum Gasteiger partial charge on any atom is -0.288 e. The number of hydrogen-bond donors (Lipinski definition) is 0. The highest BCUT2D eigenvalue weighted by atomic mass is 35.5. The molecule has 0 aliphatic heterocycles. The summed E-state index contributed by atoms with van der Waals surface area (Å²) in [5, 5.41) is -0.732. The molecule has 0 radical (unpaired) electrons. The van der Waals surface area contributed by atoms with Crippen LogP contribution in [0.3, 0.4) is 0 Å². The molecule has 2 unspecified atom stereocenters. The molecule has 0 N–H and O–H groups in total. The summed E-state index contributed by atoms with van der Waals surface area (Å²) in [5.41, 5.74) is 0.314. The fraction of sp³-hybridized carbons (Fsp3) is 0.143. The number of Topliss-reactive ketones (excluding diaryl/α,β-unsaturated/α-hetero) is 2. The van der Waals surface area contributed by atoms with E-state index in [1.54, 1.807) is 48.6 Å². The minimum atomic E-state index is -1.50. The highest BCUT2D eigenvalue weighted by Crippen LogP contribution is 2.32. The molecule has 0 aromatic heterocycles. The molecule has 1 aromatic rings. The Bertz CT molecular complexity index is 534. The zero-order valence-corrected chi connectivity index (χ0v) is 10.9. The van der Waals surface area contributed by atoms with Crippen molar-refractivity contribution in [3.05, 3.63) is 60.2 Å². The number of carbonyl (C=O) groups is 2. The number of allylic oxidation sites excluding steroid dienone is 4. The van der Waals surface area contributed by atoms with Gasteiger partial charge in [0, 0.05) is 5.56 Å². The largest absolute Gasteiger partial charge is 0.288 e. The molecule has 2 atom stereocenters. The van der Waals surface area contributed by atoms with Crippen LogP contribution in [0, 0.1) is 0 Å². The third-order valence-corrected chi connectivity index (χ3v) is 3.86. The zero-order chi connectivity index (χ0) is 13.2. The Morgan fingerprint density at radius 1 is 1.11 bits per heavy atom. The van der Waals surface area contributed by atoms with E-state index in [-0.39, 0.29) is 0 Å². The zero-order valence-electron chi connectivity index (χ0n) is 9.35. The second kappa shape index (κ2) is 5.09. The molecule has 2 nitrogen and oxygen atoms in total. The summed E-state index contributed by atoms with van der Waals surface area (Å²) in [7, 11) is 0. The summed E-state index contributed by atoms with van der Waals surface area (Å²) >= 11 is 12.2. The van der Waals surface area contributed by atoms with Crippen LogP contribution < -0.4 is 0 Å². The van der Waals surface area contributed by atoms with Gasteiger partial charge in [-0.05, 0) is 0 Å². The summed E-state index contributed by atoms with van der Waals surface area (Å²) in [6, 6.07) is 8.30. The quantitative estimate of drug-likeness (QED) is 0.484. The molecule has 1 aromatic carbocycles. The lowest BCUT2D eigenvalue weighted by Gasteiger charge is -2.26. The lowest BCUT2D eigenvalue weighted by Crippen LogP contribution is -2.44. The van der Waals surface area contributed by atoms with Crippen LogP contribution >= 0.6 is 23.2 Å². The van der Waals surface area contributed by atoms with E-state index in [1.165, 1.54) is 6.08 Å². The average molecular weight is 281 g/mol. The molecule has 92 valence electrons. The molecule has 18 heavy (non-hydrogen) atoms. The van der Waals surface area contributed by atoms with Gasteiger partial charge in [-0.25, -0.2) is 0 Å².